The summed E-state index contributed by atoms with van der Waals surface area (Å²) in [4.78, 5) is 0. The molecule has 0 aromatic heterocycles. The van der Waals surface area contributed by atoms with Crippen molar-refractivity contribution in [2.45, 2.75) is 45.3 Å². The zero-order chi connectivity index (χ0) is 13.1. The summed E-state index contributed by atoms with van der Waals surface area (Å²) in [5.74, 6) is 0.931. The van der Waals surface area contributed by atoms with Gasteiger partial charge in [-0.1, -0.05) is 6.07 Å². The highest BCUT2D eigenvalue weighted by Crippen LogP contribution is 2.29. The monoisotopic (exact) mass is 249 g/mol. The van der Waals surface area contributed by atoms with Crippen LogP contribution in [-0.4, -0.2) is 19.8 Å². The van der Waals surface area contributed by atoms with E-state index in [2.05, 4.69) is 26.0 Å². The van der Waals surface area contributed by atoms with Crippen molar-refractivity contribution in [2.24, 2.45) is 5.73 Å². The fourth-order valence-corrected chi connectivity index (χ4v) is 2.67. The Morgan fingerprint density at radius 3 is 2.78 bits per heavy atom. The Morgan fingerprint density at radius 2 is 2.17 bits per heavy atom. The van der Waals surface area contributed by atoms with E-state index >= 15 is 0 Å². The first kappa shape index (κ1) is 13.4. The van der Waals surface area contributed by atoms with Gasteiger partial charge in [0.2, 0.25) is 0 Å². The van der Waals surface area contributed by atoms with Gasteiger partial charge in [-0.25, -0.2) is 0 Å². The van der Waals surface area contributed by atoms with Crippen molar-refractivity contribution in [3.8, 4) is 5.75 Å². The van der Waals surface area contributed by atoms with E-state index in [9.17, 15) is 0 Å². The van der Waals surface area contributed by atoms with E-state index in [4.69, 9.17) is 15.2 Å². The molecule has 2 atom stereocenters. The summed E-state index contributed by atoms with van der Waals surface area (Å²) in [5.41, 5.74) is 9.86. The van der Waals surface area contributed by atoms with E-state index in [1.807, 2.05) is 0 Å². The largest absolute Gasteiger partial charge is 0.496 e. The van der Waals surface area contributed by atoms with Crippen molar-refractivity contribution in [1.29, 1.82) is 0 Å². The minimum Gasteiger partial charge on any atom is -0.496 e. The smallest absolute Gasteiger partial charge is 0.122 e. The molecule has 18 heavy (non-hydrogen) atoms. The van der Waals surface area contributed by atoms with Gasteiger partial charge in [0.15, 0.2) is 0 Å². The Bertz CT molecular complexity index is 411. The predicted octanol–water partition coefficient (Wildman–Crippen LogP) is 2.88. The van der Waals surface area contributed by atoms with Crippen LogP contribution in [0.15, 0.2) is 12.1 Å². The Labute approximate surface area is 109 Å². The Kier molecular flexibility index (Phi) is 4.25. The third-order valence-electron chi connectivity index (χ3n) is 3.72. The molecule has 0 saturated carbocycles. The van der Waals surface area contributed by atoms with E-state index in [-0.39, 0.29) is 6.04 Å². The Hall–Kier alpha value is -1.06. The zero-order valence-corrected chi connectivity index (χ0v) is 11.5. The van der Waals surface area contributed by atoms with Crippen LogP contribution in [0.4, 0.5) is 0 Å². The van der Waals surface area contributed by atoms with E-state index in [1.54, 1.807) is 7.11 Å². The lowest BCUT2D eigenvalue weighted by molar-refractivity contribution is 0.0983. The van der Waals surface area contributed by atoms with Crippen molar-refractivity contribution in [2.75, 3.05) is 13.7 Å². The van der Waals surface area contributed by atoms with E-state index in [1.165, 1.54) is 11.1 Å². The van der Waals surface area contributed by atoms with Crippen LogP contribution in [0.3, 0.4) is 0 Å². The standard InChI is InChI=1S/C15H23NO2/c1-10-8-15(17-3)11(2)7-13(10)14(16)9-12-5-4-6-18-12/h7-8,12,14H,4-6,9,16H2,1-3H3. The number of hydrogen-bond donors (Lipinski definition) is 1. The van der Waals surface area contributed by atoms with Crippen LogP contribution >= 0.6 is 0 Å². The molecule has 100 valence electrons. The Balaban J connectivity index is 2.13. The third-order valence-corrected chi connectivity index (χ3v) is 3.72. The van der Waals surface area contributed by atoms with Crippen LogP contribution in [0.25, 0.3) is 0 Å². The van der Waals surface area contributed by atoms with Gasteiger partial charge in [0.25, 0.3) is 0 Å². The molecule has 1 aromatic carbocycles. The maximum absolute atomic E-state index is 6.32. The number of benzene rings is 1. The van der Waals surface area contributed by atoms with Crippen molar-refractivity contribution in [3.05, 3.63) is 28.8 Å². The van der Waals surface area contributed by atoms with Gasteiger partial charge >= 0.3 is 0 Å². The minimum absolute atomic E-state index is 0.0534. The molecule has 0 bridgehead atoms. The fourth-order valence-electron chi connectivity index (χ4n) is 2.67. The van der Waals surface area contributed by atoms with Crippen LogP contribution in [-0.2, 0) is 4.74 Å². The van der Waals surface area contributed by atoms with E-state index in [0.717, 1.165) is 37.2 Å². The number of rotatable bonds is 4. The van der Waals surface area contributed by atoms with Gasteiger partial charge in [0, 0.05) is 12.6 Å². The second-order valence-electron chi connectivity index (χ2n) is 5.16. The maximum Gasteiger partial charge on any atom is 0.122 e. The van der Waals surface area contributed by atoms with Crippen LogP contribution in [0, 0.1) is 13.8 Å². The normalized spacial score (nSPS) is 21.0. The number of nitrogens with two attached hydrogens (primary N) is 1. The molecule has 1 aliphatic rings. The quantitative estimate of drug-likeness (QED) is 0.892. The van der Waals surface area contributed by atoms with Crippen molar-refractivity contribution in [3.63, 3.8) is 0 Å². The molecule has 0 aliphatic carbocycles. The van der Waals surface area contributed by atoms with Crippen LogP contribution < -0.4 is 10.5 Å². The highest BCUT2D eigenvalue weighted by molar-refractivity contribution is 5.42. The number of ether oxygens (including phenoxy) is 2. The fraction of sp³-hybridized carbons (Fsp3) is 0.600. The summed E-state index contributed by atoms with van der Waals surface area (Å²) in [6.07, 6.45) is 3.55. The van der Waals surface area contributed by atoms with Gasteiger partial charge in [0.1, 0.15) is 5.75 Å². The highest BCUT2D eigenvalue weighted by Gasteiger charge is 2.21. The second-order valence-corrected chi connectivity index (χ2v) is 5.16. The molecule has 3 nitrogen and oxygen atoms in total. The van der Waals surface area contributed by atoms with Crippen molar-refractivity contribution >= 4 is 0 Å². The molecular weight excluding hydrogens is 226 g/mol. The molecule has 1 aliphatic heterocycles. The number of hydrogen-bond acceptors (Lipinski definition) is 3. The molecule has 2 unspecified atom stereocenters. The molecular formula is C15H23NO2. The molecule has 0 radical (unpaired) electrons. The van der Waals surface area contributed by atoms with Gasteiger partial charge in [-0.2, -0.15) is 0 Å². The zero-order valence-electron chi connectivity index (χ0n) is 11.5. The van der Waals surface area contributed by atoms with E-state index < -0.39 is 0 Å². The topological polar surface area (TPSA) is 44.5 Å². The molecule has 2 N–H and O–H groups in total. The second kappa shape index (κ2) is 5.72. The van der Waals surface area contributed by atoms with Crippen LogP contribution in [0.5, 0.6) is 5.75 Å². The van der Waals surface area contributed by atoms with Gasteiger partial charge in [0.05, 0.1) is 13.2 Å². The lowest BCUT2D eigenvalue weighted by Gasteiger charge is -2.20. The SMILES string of the molecule is COc1cc(C)c(C(N)CC2CCCO2)cc1C. The summed E-state index contributed by atoms with van der Waals surface area (Å²) in [6.45, 7) is 5.03. The predicted molar refractivity (Wildman–Crippen MR) is 73.0 cm³/mol. The van der Waals surface area contributed by atoms with Crippen molar-refractivity contribution < 1.29 is 9.47 Å². The molecule has 0 amide bonds. The molecule has 3 heteroatoms. The average molecular weight is 249 g/mol. The molecule has 1 fully saturated rings. The molecule has 1 aromatic rings. The lowest BCUT2D eigenvalue weighted by Crippen LogP contribution is -2.19. The highest BCUT2D eigenvalue weighted by atomic mass is 16.5. The average Bonchev–Trinajstić information content (AvgIpc) is 2.84. The van der Waals surface area contributed by atoms with Gasteiger partial charge in [-0.05, 0) is 55.9 Å². The minimum atomic E-state index is 0.0534. The summed E-state index contributed by atoms with van der Waals surface area (Å²) >= 11 is 0. The summed E-state index contributed by atoms with van der Waals surface area (Å²) in [6, 6.07) is 4.27. The summed E-state index contributed by atoms with van der Waals surface area (Å²) < 4.78 is 11.0. The van der Waals surface area contributed by atoms with Gasteiger partial charge in [-0.3, -0.25) is 0 Å². The number of aryl methyl sites for hydroxylation is 2. The summed E-state index contributed by atoms with van der Waals surface area (Å²) in [5, 5.41) is 0. The van der Waals surface area contributed by atoms with Gasteiger partial charge < -0.3 is 15.2 Å². The lowest BCUT2D eigenvalue weighted by atomic mass is 9.94. The van der Waals surface area contributed by atoms with Crippen LogP contribution in [0.2, 0.25) is 0 Å². The maximum atomic E-state index is 6.32. The van der Waals surface area contributed by atoms with E-state index in [0.29, 0.717) is 6.10 Å². The number of methoxy groups -OCH3 is 1. The first-order chi connectivity index (χ1) is 8.61. The molecule has 0 spiro atoms. The van der Waals surface area contributed by atoms with Crippen molar-refractivity contribution in [1.82, 2.24) is 0 Å². The Morgan fingerprint density at radius 1 is 1.39 bits per heavy atom. The van der Waals surface area contributed by atoms with Crippen LogP contribution in [0.1, 0.15) is 42.0 Å². The third kappa shape index (κ3) is 2.85. The molecule has 1 heterocycles. The first-order valence-electron chi connectivity index (χ1n) is 6.64. The molecule has 1 saturated heterocycles. The van der Waals surface area contributed by atoms with Gasteiger partial charge in [-0.15, -0.1) is 0 Å². The first-order valence-corrected chi connectivity index (χ1v) is 6.64. The summed E-state index contributed by atoms with van der Waals surface area (Å²) in [7, 11) is 1.70. The molecule has 2 rings (SSSR count).